The number of benzene rings is 1. The van der Waals surface area contributed by atoms with Gasteiger partial charge >= 0.3 is 5.97 Å². The molecule has 0 atom stereocenters. The van der Waals surface area contributed by atoms with E-state index in [0.717, 1.165) is 25.9 Å². The Morgan fingerprint density at radius 2 is 1.73 bits per heavy atom. The SMILES string of the molecule is COC(=O)c1cccc(Nc2ncc(C(=O)N3CCCCCC3)cn2)c1. The average Bonchev–Trinajstić information content (AvgIpc) is 2.97. The summed E-state index contributed by atoms with van der Waals surface area (Å²) in [6.45, 7) is 1.58. The lowest BCUT2D eigenvalue weighted by Gasteiger charge is -2.19. The zero-order chi connectivity index (χ0) is 18.4. The van der Waals surface area contributed by atoms with Crippen LogP contribution >= 0.6 is 0 Å². The molecular formula is C19H22N4O3. The number of methoxy groups -OCH3 is 1. The van der Waals surface area contributed by atoms with Crippen molar-refractivity contribution < 1.29 is 14.3 Å². The van der Waals surface area contributed by atoms with Crippen LogP contribution in [0.25, 0.3) is 0 Å². The lowest BCUT2D eigenvalue weighted by atomic mass is 10.2. The zero-order valence-electron chi connectivity index (χ0n) is 14.8. The summed E-state index contributed by atoms with van der Waals surface area (Å²) in [5, 5.41) is 3.02. The molecule has 1 N–H and O–H groups in total. The maximum absolute atomic E-state index is 12.5. The lowest BCUT2D eigenvalue weighted by molar-refractivity contribution is 0.0600. The first-order chi connectivity index (χ1) is 12.7. The number of hydrogen-bond donors (Lipinski definition) is 1. The van der Waals surface area contributed by atoms with Crippen molar-refractivity contribution in [1.82, 2.24) is 14.9 Å². The number of aromatic nitrogens is 2. The van der Waals surface area contributed by atoms with E-state index in [0.29, 0.717) is 22.8 Å². The smallest absolute Gasteiger partial charge is 0.337 e. The Bertz CT molecular complexity index is 769. The van der Waals surface area contributed by atoms with E-state index in [1.54, 1.807) is 24.3 Å². The topological polar surface area (TPSA) is 84.4 Å². The van der Waals surface area contributed by atoms with E-state index in [9.17, 15) is 9.59 Å². The molecule has 0 saturated carbocycles. The van der Waals surface area contributed by atoms with Crippen LogP contribution in [0.5, 0.6) is 0 Å². The van der Waals surface area contributed by atoms with Gasteiger partial charge in [-0.3, -0.25) is 4.79 Å². The Morgan fingerprint density at radius 1 is 1.04 bits per heavy atom. The standard InChI is InChI=1S/C19H22N4O3/c1-26-18(25)14-7-6-8-16(11-14)22-19-20-12-15(13-21-19)17(24)23-9-4-2-3-5-10-23/h6-8,11-13H,2-5,9-10H2,1H3,(H,20,21,22). The van der Waals surface area contributed by atoms with Gasteiger partial charge in [-0.15, -0.1) is 0 Å². The molecule has 2 aromatic rings. The predicted molar refractivity (Wildman–Crippen MR) is 97.5 cm³/mol. The summed E-state index contributed by atoms with van der Waals surface area (Å²) in [4.78, 5) is 34.5. The second-order valence-corrected chi connectivity index (χ2v) is 6.20. The fourth-order valence-electron chi connectivity index (χ4n) is 2.93. The quantitative estimate of drug-likeness (QED) is 0.850. The lowest BCUT2D eigenvalue weighted by Crippen LogP contribution is -2.32. The number of hydrogen-bond acceptors (Lipinski definition) is 6. The first kappa shape index (κ1) is 17.8. The van der Waals surface area contributed by atoms with Gasteiger partial charge in [0.2, 0.25) is 5.95 Å². The van der Waals surface area contributed by atoms with Crippen LogP contribution in [-0.2, 0) is 4.74 Å². The van der Waals surface area contributed by atoms with Crippen LogP contribution in [0, 0.1) is 0 Å². The number of carbonyl (C=O) groups excluding carboxylic acids is 2. The zero-order valence-corrected chi connectivity index (χ0v) is 14.8. The summed E-state index contributed by atoms with van der Waals surface area (Å²) < 4.78 is 4.71. The number of amides is 1. The molecular weight excluding hydrogens is 332 g/mol. The van der Waals surface area contributed by atoms with Gasteiger partial charge in [0.05, 0.1) is 18.2 Å². The number of carbonyl (C=O) groups is 2. The molecule has 0 bridgehead atoms. The molecule has 1 aromatic heterocycles. The van der Waals surface area contributed by atoms with Gasteiger partial charge in [0.1, 0.15) is 0 Å². The van der Waals surface area contributed by atoms with Crippen LogP contribution in [-0.4, -0.2) is 46.9 Å². The summed E-state index contributed by atoms with van der Waals surface area (Å²) >= 11 is 0. The van der Waals surface area contributed by atoms with E-state index in [4.69, 9.17) is 4.74 Å². The fraction of sp³-hybridized carbons (Fsp3) is 0.368. The van der Waals surface area contributed by atoms with Gasteiger partial charge in [-0.1, -0.05) is 18.9 Å². The number of nitrogens with one attached hydrogen (secondary N) is 1. The summed E-state index contributed by atoms with van der Waals surface area (Å²) in [5.41, 5.74) is 1.59. The third-order valence-corrected chi connectivity index (χ3v) is 4.33. The normalized spacial score (nSPS) is 14.4. The van der Waals surface area contributed by atoms with E-state index >= 15 is 0 Å². The first-order valence-corrected chi connectivity index (χ1v) is 8.74. The van der Waals surface area contributed by atoms with Crippen LogP contribution < -0.4 is 5.32 Å². The van der Waals surface area contributed by atoms with Crippen molar-refractivity contribution in [2.45, 2.75) is 25.7 Å². The van der Waals surface area contributed by atoms with Gasteiger partial charge < -0.3 is 15.0 Å². The van der Waals surface area contributed by atoms with Crippen molar-refractivity contribution in [2.75, 3.05) is 25.5 Å². The highest BCUT2D eigenvalue weighted by atomic mass is 16.5. The highest BCUT2D eigenvalue weighted by Gasteiger charge is 2.18. The minimum atomic E-state index is -0.409. The fourth-order valence-corrected chi connectivity index (χ4v) is 2.93. The van der Waals surface area contributed by atoms with Gasteiger partial charge in [0.15, 0.2) is 0 Å². The van der Waals surface area contributed by atoms with Gasteiger partial charge in [0.25, 0.3) is 5.91 Å². The van der Waals surface area contributed by atoms with E-state index in [-0.39, 0.29) is 5.91 Å². The molecule has 2 heterocycles. The summed E-state index contributed by atoms with van der Waals surface area (Å²) in [5.74, 6) is -0.0708. The molecule has 0 aliphatic carbocycles. The molecule has 26 heavy (non-hydrogen) atoms. The molecule has 1 fully saturated rings. The van der Waals surface area contributed by atoms with Gasteiger partial charge in [-0.2, -0.15) is 0 Å². The maximum atomic E-state index is 12.5. The highest BCUT2D eigenvalue weighted by Crippen LogP contribution is 2.16. The molecule has 3 rings (SSSR count). The molecule has 7 heteroatoms. The molecule has 1 saturated heterocycles. The van der Waals surface area contributed by atoms with Gasteiger partial charge in [-0.25, -0.2) is 14.8 Å². The van der Waals surface area contributed by atoms with Crippen molar-refractivity contribution >= 4 is 23.5 Å². The first-order valence-electron chi connectivity index (χ1n) is 8.74. The van der Waals surface area contributed by atoms with E-state index in [1.165, 1.54) is 32.3 Å². The highest BCUT2D eigenvalue weighted by molar-refractivity contribution is 5.93. The molecule has 0 spiro atoms. The summed E-state index contributed by atoms with van der Waals surface area (Å²) in [6.07, 6.45) is 7.51. The Morgan fingerprint density at radius 3 is 2.38 bits per heavy atom. The van der Waals surface area contributed by atoms with Crippen molar-refractivity contribution in [3.8, 4) is 0 Å². The molecule has 1 aliphatic heterocycles. The van der Waals surface area contributed by atoms with Crippen LogP contribution in [0.3, 0.4) is 0 Å². The largest absolute Gasteiger partial charge is 0.465 e. The Hall–Kier alpha value is -2.96. The molecule has 1 aliphatic rings. The number of likely N-dealkylation sites (tertiary alicyclic amines) is 1. The Kier molecular flexibility index (Phi) is 5.78. The second kappa shape index (κ2) is 8.42. The predicted octanol–water partition coefficient (Wildman–Crippen LogP) is 3.02. The van der Waals surface area contributed by atoms with Crippen LogP contribution in [0.4, 0.5) is 11.6 Å². The average molecular weight is 354 g/mol. The molecule has 1 aromatic carbocycles. The van der Waals surface area contributed by atoms with Crippen LogP contribution in [0.15, 0.2) is 36.7 Å². The minimum Gasteiger partial charge on any atom is -0.465 e. The van der Waals surface area contributed by atoms with Gasteiger partial charge in [0, 0.05) is 31.2 Å². The third-order valence-electron chi connectivity index (χ3n) is 4.33. The van der Waals surface area contributed by atoms with Crippen LogP contribution in [0.1, 0.15) is 46.4 Å². The van der Waals surface area contributed by atoms with Gasteiger partial charge in [-0.05, 0) is 31.0 Å². The Balaban J connectivity index is 1.68. The number of rotatable bonds is 4. The number of anilines is 2. The van der Waals surface area contributed by atoms with Crippen molar-refractivity contribution in [3.05, 3.63) is 47.8 Å². The maximum Gasteiger partial charge on any atom is 0.337 e. The van der Waals surface area contributed by atoms with Crippen molar-refractivity contribution in [2.24, 2.45) is 0 Å². The van der Waals surface area contributed by atoms with E-state index in [2.05, 4.69) is 15.3 Å². The molecule has 7 nitrogen and oxygen atoms in total. The van der Waals surface area contributed by atoms with Crippen molar-refractivity contribution in [1.29, 1.82) is 0 Å². The number of nitrogens with zero attached hydrogens (tertiary/aromatic N) is 3. The van der Waals surface area contributed by atoms with Crippen molar-refractivity contribution in [3.63, 3.8) is 0 Å². The third kappa shape index (κ3) is 4.36. The molecule has 0 unspecified atom stereocenters. The second-order valence-electron chi connectivity index (χ2n) is 6.20. The number of esters is 1. The Labute approximate surface area is 152 Å². The molecule has 1 amide bonds. The number of ether oxygens (including phenoxy) is 1. The van der Waals surface area contributed by atoms with Crippen LogP contribution in [0.2, 0.25) is 0 Å². The molecule has 0 radical (unpaired) electrons. The summed E-state index contributed by atoms with van der Waals surface area (Å²) in [6, 6.07) is 6.87. The van der Waals surface area contributed by atoms with E-state index in [1.807, 2.05) is 4.90 Å². The summed E-state index contributed by atoms with van der Waals surface area (Å²) in [7, 11) is 1.34. The monoisotopic (exact) mass is 354 g/mol. The molecule has 136 valence electrons. The minimum absolute atomic E-state index is 0.0221. The van der Waals surface area contributed by atoms with E-state index < -0.39 is 5.97 Å².